The van der Waals surface area contributed by atoms with Crippen LogP contribution in [-0.4, -0.2) is 25.4 Å². The Bertz CT molecular complexity index is 228. The summed E-state index contributed by atoms with van der Waals surface area (Å²) >= 11 is 0. The van der Waals surface area contributed by atoms with Crippen LogP contribution in [0.4, 0.5) is 0 Å². The van der Waals surface area contributed by atoms with Gasteiger partial charge in [-0.3, -0.25) is 0 Å². The summed E-state index contributed by atoms with van der Waals surface area (Å²) in [4.78, 5) is 0. The van der Waals surface area contributed by atoms with E-state index in [1.165, 1.54) is 0 Å². The average Bonchev–Trinajstić information content (AvgIpc) is 2.10. The van der Waals surface area contributed by atoms with Crippen LogP contribution in [0.2, 0.25) is 11.6 Å². The van der Waals surface area contributed by atoms with E-state index in [2.05, 4.69) is 27.7 Å². The SMILES string of the molecule is CC(C)B(OB(OC(C)(C)C)C(C)C)OC(C)(C)C. The van der Waals surface area contributed by atoms with Crippen LogP contribution in [-0.2, 0) is 13.9 Å². The normalized spacial score (nSPS) is 13.3. The number of hydrogen-bond acceptors (Lipinski definition) is 3. The quantitative estimate of drug-likeness (QED) is 0.668. The molecule has 0 unspecified atom stereocenters. The first kappa shape index (κ1) is 19.0. The second-order valence-electron chi connectivity index (χ2n) is 7.82. The van der Waals surface area contributed by atoms with E-state index >= 15 is 0 Å². The third kappa shape index (κ3) is 9.53. The summed E-state index contributed by atoms with van der Waals surface area (Å²) in [6.07, 6.45) is 0. The van der Waals surface area contributed by atoms with E-state index in [-0.39, 0.29) is 37.1 Å². The van der Waals surface area contributed by atoms with E-state index in [1.54, 1.807) is 0 Å². The summed E-state index contributed by atoms with van der Waals surface area (Å²) in [5, 5.41) is 0. The molecule has 0 saturated carbocycles. The Morgan fingerprint density at radius 2 is 0.895 bits per heavy atom. The molecule has 0 aliphatic rings. The highest BCUT2D eigenvalue weighted by atomic mass is 16.7. The van der Waals surface area contributed by atoms with Gasteiger partial charge in [-0.25, -0.2) is 0 Å². The van der Waals surface area contributed by atoms with Gasteiger partial charge in [-0.15, -0.1) is 0 Å². The average molecular weight is 270 g/mol. The monoisotopic (exact) mass is 270 g/mol. The second kappa shape index (κ2) is 7.14. The molecule has 0 aliphatic carbocycles. The third-order valence-electron chi connectivity index (χ3n) is 2.30. The highest BCUT2D eigenvalue weighted by Crippen LogP contribution is 2.24. The Labute approximate surface area is 121 Å². The van der Waals surface area contributed by atoms with Crippen LogP contribution in [0.1, 0.15) is 69.2 Å². The predicted octanol–water partition coefficient (Wildman–Crippen LogP) is 4.43. The van der Waals surface area contributed by atoms with E-state index in [0.717, 1.165) is 0 Å². The minimum absolute atomic E-state index is 0.224. The highest BCUT2D eigenvalue weighted by molar-refractivity contribution is 6.60. The standard InChI is InChI=1S/C14H32B2O3/c1-11(2)15(17-13(5,6)7)19-16(12(3)4)18-14(8,9)10/h11-12H,1-10H3. The van der Waals surface area contributed by atoms with Crippen molar-refractivity contribution in [3.63, 3.8) is 0 Å². The minimum atomic E-state index is -0.255. The summed E-state index contributed by atoms with van der Waals surface area (Å²) in [6.45, 7) is 20.7. The van der Waals surface area contributed by atoms with Crippen molar-refractivity contribution >= 4 is 14.2 Å². The smallest absolute Gasteiger partial charge is 0.446 e. The van der Waals surface area contributed by atoms with Gasteiger partial charge in [0.15, 0.2) is 0 Å². The van der Waals surface area contributed by atoms with Crippen molar-refractivity contribution in [2.24, 2.45) is 0 Å². The zero-order chi connectivity index (χ0) is 15.4. The Balaban J connectivity index is 4.76. The zero-order valence-electron chi connectivity index (χ0n) is 14.5. The van der Waals surface area contributed by atoms with Crippen molar-refractivity contribution in [2.45, 2.75) is 92.1 Å². The van der Waals surface area contributed by atoms with Crippen LogP contribution in [0.25, 0.3) is 0 Å². The lowest BCUT2D eigenvalue weighted by molar-refractivity contribution is 0.0713. The van der Waals surface area contributed by atoms with E-state index in [4.69, 9.17) is 13.9 Å². The van der Waals surface area contributed by atoms with Crippen molar-refractivity contribution < 1.29 is 13.9 Å². The molecule has 0 atom stereocenters. The van der Waals surface area contributed by atoms with Crippen molar-refractivity contribution in [1.82, 2.24) is 0 Å². The van der Waals surface area contributed by atoms with Gasteiger partial charge >= 0.3 is 14.2 Å². The summed E-state index contributed by atoms with van der Waals surface area (Å²) in [6, 6.07) is 0. The van der Waals surface area contributed by atoms with E-state index in [1.807, 2.05) is 41.5 Å². The topological polar surface area (TPSA) is 27.7 Å². The Morgan fingerprint density at radius 1 is 0.632 bits per heavy atom. The maximum Gasteiger partial charge on any atom is 0.446 e. The Morgan fingerprint density at radius 3 is 1.05 bits per heavy atom. The molecule has 0 fully saturated rings. The van der Waals surface area contributed by atoms with Crippen molar-refractivity contribution in [1.29, 1.82) is 0 Å². The lowest BCUT2D eigenvalue weighted by Gasteiger charge is -2.33. The first-order chi connectivity index (χ1) is 8.32. The molecular weight excluding hydrogens is 238 g/mol. The molecule has 112 valence electrons. The minimum Gasteiger partial charge on any atom is -0.451 e. The fraction of sp³-hybridized carbons (Fsp3) is 1.00. The van der Waals surface area contributed by atoms with E-state index in [9.17, 15) is 0 Å². The predicted molar refractivity (Wildman–Crippen MR) is 84.5 cm³/mol. The molecule has 3 nitrogen and oxygen atoms in total. The van der Waals surface area contributed by atoms with Crippen LogP contribution >= 0.6 is 0 Å². The molecule has 0 aromatic carbocycles. The van der Waals surface area contributed by atoms with Gasteiger partial charge in [0.25, 0.3) is 0 Å². The molecule has 0 heterocycles. The van der Waals surface area contributed by atoms with Crippen LogP contribution in [0.3, 0.4) is 0 Å². The van der Waals surface area contributed by atoms with Gasteiger partial charge in [0.05, 0.1) is 0 Å². The maximum atomic E-state index is 6.08. The van der Waals surface area contributed by atoms with Gasteiger partial charge in [0.1, 0.15) is 0 Å². The number of hydrogen-bond donors (Lipinski definition) is 0. The lowest BCUT2D eigenvalue weighted by atomic mass is 9.65. The zero-order valence-corrected chi connectivity index (χ0v) is 14.5. The summed E-state index contributed by atoms with van der Waals surface area (Å²) < 4.78 is 18.1. The summed E-state index contributed by atoms with van der Waals surface area (Å²) in [5.41, 5.74) is -0.448. The van der Waals surface area contributed by atoms with Crippen LogP contribution < -0.4 is 0 Å². The summed E-state index contributed by atoms with van der Waals surface area (Å²) in [7, 11) is -0.510. The second-order valence-corrected chi connectivity index (χ2v) is 7.82. The Kier molecular flexibility index (Phi) is 7.15. The molecule has 0 N–H and O–H groups in total. The molecule has 19 heavy (non-hydrogen) atoms. The van der Waals surface area contributed by atoms with Gasteiger partial charge in [0, 0.05) is 11.2 Å². The first-order valence-corrected chi connectivity index (χ1v) is 7.33. The molecule has 0 aromatic heterocycles. The van der Waals surface area contributed by atoms with E-state index < -0.39 is 0 Å². The fourth-order valence-corrected chi connectivity index (χ4v) is 1.47. The van der Waals surface area contributed by atoms with E-state index in [0.29, 0.717) is 0 Å². The molecular formula is C14H32B2O3. The van der Waals surface area contributed by atoms with Gasteiger partial charge in [0.2, 0.25) is 0 Å². The largest absolute Gasteiger partial charge is 0.451 e. The fourth-order valence-electron chi connectivity index (χ4n) is 1.47. The van der Waals surface area contributed by atoms with Gasteiger partial charge in [-0.1, -0.05) is 27.7 Å². The molecule has 0 radical (unpaired) electrons. The van der Waals surface area contributed by atoms with Crippen LogP contribution in [0, 0.1) is 0 Å². The molecule has 0 saturated heterocycles. The summed E-state index contributed by atoms with van der Waals surface area (Å²) in [5.74, 6) is 0.563. The maximum absolute atomic E-state index is 6.08. The molecule has 5 heteroatoms. The van der Waals surface area contributed by atoms with Gasteiger partial charge in [-0.2, -0.15) is 0 Å². The molecule has 0 spiro atoms. The molecule has 0 bridgehead atoms. The van der Waals surface area contributed by atoms with Crippen molar-refractivity contribution in [2.75, 3.05) is 0 Å². The third-order valence-corrected chi connectivity index (χ3v) is 2.30. The number of rotatable bonds is 6. The van der Waals surface area contributed by atoms with Crippen molar-refractivity contribution in [3.8, 4) is 0 Å². The van der Waals surface area contributed by atoms with Gasteiger partial charge < -0.3 is 13.9 Å². The van der Waals surface area contributed by atoms with Crippen LogP contribution in [0.5, 0.6) is 0 Å². The van der Waals surface area contributed by atoms with Crippen molar-refractivity contribution in [3.05, 3.63) is 0 Å². The lowest BCUT2D eigenvalue weighted by Crippen LogP contribution is -2.44. The molecule has 0 aliphatic heterocycles. The molecule has 0 rings (SSSR count). The molecule has 0 amide bonds. The highest BCUT2D eigenvalue weighted by Gasteiger charge is 2.37. The first-order valence-electron chi connectivity index (χ1n) is 7.33. The van der Waals surface area contributed by atoms with Crippen LogP contribution in [0.15, 0.2) is 0 Å². The molecule has 0 aromatic rings. The Hall–Kier alpha value is 0.00987. The van der Waals surface area contributed by atoms with Gasteiger partial charge in [-0.05, 0) is 53.2 Å².